The minimum absolute atomic E-state index is 0.113. The van der Waals surface area contributed by atoms with E-state index in [0.29, 0.717) is 13.0 Å². The molecule has 1 fully saturated rings. The molecule has 3 nitrogen and oxygen atoms in total. The summed E-state index contributed by atoms with van der Waals surface area (Å²) >= 11 is 0. The lowest BCUT2D eigenvalue weighted by molar-refractivity contribution is -0.128. The van der Waals surface area contributed by atoms with Crippen LogP contribution in [0.3, 0.4) is 0 Å². The Labute approximate surface area is 59.0 Å². The number of alkyl halides is 1. The maximum Gasteiger partial charge on any atom is 0.239 e. The summed E-state index contributed by atoms with van der Waals surface area (Å²) in [6.45, 7) is 0.342. The number of rotatable bonds is 2. The number of nitrogens with zero attached hydrogens (tertiary/aromatic N) is 1. The molecular weight excluding hydrogens is 135 g/mol. The van der Waals surface area contributed by atoms with Gasteiger partial charge in [0.1, 0.15) is 6.67 Å². The number of halogens is 1. The van der Waals surface area contributed by atoms with E-state index in [1.165, 1.54) is 4.90 Å². The van der Waals surface area contributed by atoms with Crippen LogP contribution in [-0.4, -0.2) is 36.6 Å². The largest absolute Gasteiger partial charge is 0.339 e. The van der Waals surface area contributed by atoms with Gasteiger partial charge in [0.05, 0.1) is 6.04 Å². The minimum atomic E-state index is -0.474. The first-order valence-corrected chi connectivity index (χ1v) is 3.36. The molecule has 0 spiro atoms. The fourth-order valence-corrected chi connectivity index (χ4v) is 1.09. The van der Waals surface area contributed by atoms with Gasteiger partial charge in [-0.1, -0.05) is 0 Å². The molecule has 1 heterocycles. The quantitative estimate of drug-likeness (QED) is 0.571. The van der Waals surface area contributed by atoms with Gasteiger partial charge in [-0.15, -0.1) is 0 Å². The van der Waals surface area contributed by atoms with Crippen LogP contribution in [0.4, 0.5) is 4.39 Å². The molecule has 0 bridgehead atoms. The van der Waals surface area contributed by atoms with E-state index in [0.717, 1.165) is 0 Å². The monoisotopic (exact) mass is 146 g/mol. The van der Waals surface area contributed by atoms with Crippen molar-refractivity contribution in [1.29, 1.82) is 0 Å². The fraction of sp³-hybridized carbons (Fsp3) is 0.833. The summed E-state index contributed by atoms with van der Waals surface area (Å²) in [5, 5.41) is 0. The van der Waals surface area contributed by atoms with Crippen molar-refractivity contribution < 1.29 is 9.18 Å². The zero-order valence-electron chi connectivity index (χ0n) is 5.72. The molecule has 10 heavy (non-hydrogen) atoms. The van der Waals surface area contributed by atoms with Crippen molar-refractivity contribution in [3.63, 3.8) is 0 Å². The standard InChI is InChI=1S/C6H11FN2O/c7-2-4-9-3-1-5(8)6(9)10/h5H,1-4,8H2. The van der Waals surface area contributed by atoms with Crippen molar-refractivity contribution in [2.75, 3.05) is 19.8 Å². The predicted octanol–water partition coefficient (Wildman–Crippen LogP) is -0.484. The van der Waals surface area contributed by atoms with Gasteiger partial charge in [0, 0.05) is 13.1 Å². The molecule has 1 aliphatic rings. The minimum Gasteiger partial charge on any atom is -0.339 e. The van der Waals surface area contributed by atoms with Gasteiger partial charge < -0.3 is 10.6 Å². The molecule has 1 atom stereocenters. The fourth-order valence-electron chi connectivity index (χ4n) is 1.09. The molecular formula is C6H11FN2O. The Bertz CT molecular complexity index is 138. The molecule has 1 amide bonds. The Balaban J connectivity index is 2.41. The summed E-state index contributed by atoms with van der Waals surface area (Å²) < 4.78 is 11.7. The molecule has 4 heteroatoms. The zero-order chi connectivity index (χ0) is 7.56. The number of nitrogens with two attached hydrogens (primary N) is 1. The summed E-state index contributed by atoms with van der Waals surface area (Å²) in [4.78, 5) is 12.4. The van der Waals surface area contributed by atoms with Gasteiger partial charge >= 0.3 is 0 Å². The lowest BCUT2D eigenvalue weighted by atomic mass is 10.3. The van der Waals surface area contributed by atoms with Crippen LogP contribution in [0.15, 0.2) is 0 Å². The number of amides is 1. The van der Waals surface area contributed by atoms with Crippen LogP contribution in [0, 0.1) is 0 Å². The molecule has 0 radical (unpaired) electrons. The summed E-state index contributed by atoms with van der Waals surface area (Å²) in [5.41, 5.74) is 5.39. The smallest absolute Gasteiger partial charge is 0.239 e. The van der Waals surface area contributed by atoms with E-state index < -0.39 is 6.67 Å². The average molecular weight is 146 g/mol. The van der Waals surface area contributed by atoms with E-state index in [9.17, 15) is 9.18 Å². The van der Waals surface area contributed by atoms with E-state index in [1.54, 1.807) is 0 Å². The van der Waals surface area contributed by atoms with E-state index in [1.807, 2.05) is 0 Å². The van der Waals surface area contributed by atoms with Gasteiger partial charge in [-0.05, 0) is 6.42 Å². The Kier molecular flexibility index (Phi) is 2.21. The first kappa shape index (κ1) is 7.47. The summed E-state index contributed by atoms with van der Waals surface area (Å²) in [5.74, 6) is -0.113. The first-order chi connectivity index (χ1) is 4.75. The Morgan fingerprint density at radius 2 is 2.50 bits per heavy atom. The molecule has 0 aromatic heterocycles. The predicted molar refractivity (Wildman–Crippen MR) is 35.1 cm³/mol. The van der Waals surface area contributed by atoms with Crippen molar-refractivity contribution in [3.05, 3.63) is 0 Å². The van der Waals surface area contributed by atoms with Gasteiger partial charge in [-0.2, -0.15) is 0 Å². The number of carbonyl (C=O) groups excluding carboxylic acids is 1. The molecule has 2 N–H and O–H groups in total. The Morgan fingerprint density at radius 3 is 2.90 bits per heavy atom. The third-order valence-electron chi connectivity index (χ3n) is 1.69. The SMILES string of the molecule is NC1CCN(CCF)C1=O. The van der Waals surface area contributed by atoms with Crippen LogP contribution < -0.4 is 5.73 Å². The normalized spacial score (nSPS) is 26.0. The number of likely N-dealkylation sites (tertiary alicyclic amines) is 1. The van der Waals surface area contributed by atoms with E-state index in [4.69, 9.17) is 5.73 Å². The zero-order valence-corrected chi connectivity index (χ0v) is 5.72. The first-order valence-electron chi connectivity index (χ1n) is 3.36. The molecule has 1 aliphatic heterocycles. The van der Waals surface area contributed by atoms with Crippen LogP contribution in [0.1, 0.15) is 6.42 Å². The highest BCUT2D eigenvalue weighted by atomic mass is 19.1. The molecule has 1 unspecified atom stereocenters. The van der Waals surface area contributed by atoms with Gasteiger partial charge in [-0.25, -0.2) is 4.39 Å². The Hall–Kier alpha value is -0.640. The van der Waals surface area contributed by atoms with Gasteiger partial charge in [-0.3, -0.25) is 4.79 Å². The van der Waals surface area contributed by atoms with Crippen molar-refractivity contribution in [2.45, 2.75) is 12.5 Å². The second kappa shape index (κ2) is 2.96. The van der Waals surface area contributed by atoms with E-state index >= 15 is 0 Å². The highest BCUT2D eigenvalue weighted by Crippen LogP contribution is 2.07. The maximum atomic E-state index is 11.7. The number of carbonyl (C=O) groups is 1. The van der Waals surface area contributed by atoms with Crippen LogP contribution in [0.2, 0.25) is 0 Å². The molecule has 0 aromatic carbocycles. The lowest BCUT2D eigenvalue weighted by Gasteiger charge is -2.12. The summed E-state index contributed by atoms with van der Waals surface area (Å²) in [6, 6.07) is -0.383. The highest BCUT2D eigenvalue weighted by Gasteiger charge is 2.27. The van der Waals surface area contributed by atoms with Gasteiger partial charge in [0.15, 0.2) is 0 Å². The molecule has 58 valence electrons. The summed E-state index contributed by atoms with van der Waals surface area (Å²) in [6.07, 6.45) is 0.666. The van der Waals surface area contributed by atoms with Crippen molar-refractivity contribution in [2.24, 2.45) is 5.73 Å². The van der Waals surface area contributed by atoms with Gasteiger partial charge in [0.25, 0.3) is 0 Å². The maximum absolute atomic E-state index is 11.7. The van der Waals surface area contributed by atoms with E-state index in [-0.39, 0.29) is 18.5 Å². The molecule has 0 aromatic rings. The third kappa shape index (κ3) is 1.26. The molecule has 0 aliphatic carbocycles. The van der Waals surface area contributed by atoms with Crippen molar-refractivity contribution in [3.8, 4) is 0 Å². The Morgan fingerprint density at radius 1 is 1.80 bits per heavy atom. The number of hydrogen-bond acceptors (Lipinski definition) is 2. The second-order valence-corrected chi connectivity index (χ2v) is 2.41. The second-order valence-electron chi connectivity index (χ2n) is 2.41. The highest BCUT2D eigenvalue weighted by molar-refractivity contribution is 5.83. The van der Waals surface area contributed by atoms with Crippen LogP contribution in [0.25, 0.3) is 0 Å². The van der Waals surface area contributed by atoms with Crippen LogP contribution in [0.5, 0.6) is 0 Å². The van der Waals surface area contributed by atoms with Gasteiger partial charge in [0.2, 0.25) is 5.91 Å². The molecule has 0 saturated carbocycles. The lowest BCUT2D eigenvalue weighted by Crippen LogP contribution is -2.35. The molecule has 1 rings (SSSR count). The topological polar surface area (TPSA) is 46.3 Å². The van der Waals surface area contributed by atoms with Crippen molar-refractivity contribution in [1.82, 2.24) is 4.90 Å². The summed E-state index contributed by atoms with van der Waals surface area (Å²) in [7, 11) is 0. The van der Waals surface area contributed by atoms with E-state index in [2.05, 4.69) is 0 Å². The van der Waals surface area contributed by atoms with Crippen molar-refractivity contribution >= 4 is 5.91 Å². The number of hydrogen-bond donors (Lipinski definition) is 1. The third-order valence-corrected chi connectivity index (χ3v) is 1.69. The van der Waals surface area contributed by atoms with Crippen LogP contribution in [-0.2, 0) is 4.79 Å². The average Bonchev–Trinajstić information content (AvgIpc) is 2.20. The van der Waals surface area contributed by atoms with Crippen LogP contribution >= 0.6 is 0 Å². The molecule has 1 saturated heterocycles.